The Kier molecular flexibility index (Phi) is 2.72. The van der Waals surface area contributed by atoms with Crippen LogP contribution < -0.4 is 11.1 Å². The van der Waals surface area contributed by atoms with Crippen LogP contribution in [0, 0.1) is 5.82 Å². The second kappa shape index (κ2) is 4.18. The molecule has 3 N–H and O–H groups in total. The van der Waals surface area contributed by atoms with Crippen LogP contribution in [0.1, 0.15) is 5.56 Å². The van der Waals surface area contributed by atoms with Crippen molar-refractivity contribution in [2.45, 2.75) is 6.54 Å². The lowest BCUT2D eigenvalue weighted by atomic mass is 10.2. The molecule has 1 aromatic carbocycles. The van der Waals surface area contributed by atoms with Gasteiger partial charge in [0.05, 0.1) is 6.54 Å². The van der Waals surface area contributed by atoms with Gasteiger partial charge >= 0.3 is 0 Å². The summed E-state index contributed by atoms with van der Waals surface area (Å²) in [6, 6.07) is 6.19. The van der Waals surface area contributed by atoms with Crippen LogP contribution in [-0.4, -0.2) is 21.8 Å². The van der Waals surface area contributed by atoms with Crippen molar-refractivity contribution in [1.29, 1.82) is 0 Å². The molecule has 0 radical (unpaired) electrons. The first-order chi connectivity index (χ1) is 7.69. The van der Waals surface area contributed by atoms with Crippen molar-refractivity contribution in [1.82, 2.24) is 14.8 Å². The summed E-state index contributed by atoms with van der Waals surface area (Å²) in [5, 5.41) is 6.92. The van der Waals surface area contributed by atoms with E-state index < -0.39 is 0 Å². The number of nitrogens with zero attached hydrogens (tertiary/aromatic N) is 3. The Labute approximate surface area is 92.1 Å². The van der Waals surface area contributed by atoms with Crippen LogP contribution in [0.5, 0.6) is 0 Å². The predicted molar refractivity (Wildman–Crippen MR) is 59.5 cm³/mol. The van der Waals surface area contributed by atoms with Gasteiger partial charge in [0.2, 0.25) is 11.9 Å². The van der Waals surface area contributed by atoms with Crippen LogP contribution in [-0.2, 0) is 6.54 Å². The van der Waals surface area contributed by atoms with Crippen molar-refractivity contribution >= 4 is 11.9 Å². The molecule has 2 rings (SSSR count). The monoisotopic (exact) mass is 221 g/mol. The number of hydrogen-bond acceptors (Lipinski definition) is 4. The molecule has 6 heteroatoms. The van der Waals surface area contributed by atoms with Gasteiger partial charge in [0.1, 0.15) is 5.82 Å². The van der Waals surface area contributed by atoms with Crippen LogP contribution in [0.25, 0.3) is 0 Å². The lowest BCUT2D eigenvalue weighted by Crippen LogP contribution is -2.06. The maximum Gasteiger partial charge on any atom is 0.243 e. The molecule has 0 atom stereocenters. The minimum atomic E-state index is -0.258. The number of halogens is 1. The van der Waals surface area contributed by atoms with Gasteiger partial charge in [0, 0.05) is 7.05 Å². The zero-order valence-corrected chi connectivity index (χ0v) is 8.81. The van der Waals surface area contributed by atoms with Gasteiger partial charge in [0.15, 0.2) is 0 Å². The van der Waals surface area contributed by atoms with Gasteiger partial charge < -0.3 is 11.1 Å². The highest BCUT2D eigenvalue weighted by Crippen LogP contribution is 2.09. The van der Waals surface area contributed by atoms with Crippen molar-refractivity contribution < 1.29 is 4.39 Å². The van der Waals surface area contributed by atoms with Gasteiger partial charge in [0.25, 0.3) is 0 Å². The van der Waals surface area contributed by atoms with Gasteiger partial charge in [-0.3, -0.25) is 0 Å². The number of nitrogens with one attached hydrogen (secondary N) is 1. The standard InChI is InChI=1S/C10H12FN5/c1-13-10-14-9(12)16(15-10)6-7-2-4-8(11)5-3-7/h2-5H,6H2,1H3,(H3,12,13,14,15). The van der Waals surface area contributed by atoms with Crippen molar-refractivity contribution in [2.75, 3.05) is 18.1 Å². The Balaban J connectivity index is 2.19. The summed E-state index contributed by atoms with van der Waals surface area (Å²) < 4.78 is 14.2. The smallest absolute Gasteiger partial charge is 0.243 e. The summed E-state index contributed by atoms with van der Waals surface area (Å²) in [6.07, 6.45) is 0. The molecule has 0 saturated carbocycles. The van der Waals surface area contributed by atoms with Crippen LogP contribution in [0.2, 0.25) is 0 Å². The molecule has 0 aliphatic rings. The highest BCUT2D eigenvalue weighted by Gasteiger charge is 2.05. The Bertz CT molecular complexity index is 476. The largest absolute Gasteiger partial charge is 0.368 e. The van der Waals surface area contributed by atoms with E-state index in [1.807, 2.05) is 0 Å². The Morgan fingerprint density at radius 2 is 2.06 bits per heavy atom. The third-order valence-corrected chi connectivity index (χ3v) is 2.17. The molecule has 0 spiro atoms. The van der Waals surface area contributed by atoms with E-state index in [4.69, 9.17) is 5.73 Å². The molecule has 1 aromatic heterocycles. The maximum absolute atomic E-state index is 12.7. The van der Waals surface area contributed by atoms with E-state index in [1.165, 1.54) is 12.1 Å². The lowest BCUT2D eigenvalue weighted by molar-refractivity contribution is 0.625. The second-order valence-corrected chi connectivity index (χ2v) is 3.33. The van der Waals surface area contributed by atoms with Gasteiger partial charge in [-0.1, -0.05) is 12.1 Å². The highest BCUT2D eigenvalue weighted by atomic mass is 19.1. The number of nitrogens with two attached hydrogens (primary N) is 1. The topological polar surface area (TPSA) is 68.8 Å². The summed E-state index contributed by atoms with van der Waals surface area (Å²) in [7, 11) is 1.72. The molecule has 0 amide bonds. The molecule has 0 saturated heterocycles. The van der Waals surface area contributed by atoms with Gasteiger partial charge in [-0.15, -0.1) is 5.10 Å². The van der Waals surface area contributed by atoms with E-state index >= 15 is 0 Å². The van der Waals surface area contributed by atoms with Gasteiger partial charge in [-0.2, -0.15) is 4.98 Å². The minimum Gasteiger partial charge on any atom is -0.368 e. The maximum atomic E-state index is 12.7. The van der Waals surface area contributed by atoms with Gasteiger partial charge in [-0.05, 0) is 17.7 Å². The number of anilines is 2. The fourth-order valence-electron chi connectivity index (χ4n) is 1.34. The highest BCUT2D eigenvalue weighted by molar-refractivity contribution is 5.31. The van der Waals surface area contributed by atoms with Crippen molar-refractivity contribution in [3.8, 4) is 0 Å². The average molecular weight is 221 g/mol. The van der Waals surface area contributed by atoms with E-state index in [0.717, 1.165) is 5.56 Å². The van der Waals surface area contributed by atoms with Gasteiger partial charge in [-0.25, -0.2) is 9.07 Å². The summed E-state index contributed by atoms with van der Waals surface area (Å²) in [4.78, 5) is 3.99. The molecule has 1 heterocycles. The van der Waals surface area contributed by atoms with Crippen molar-refractivity contribution in [3.63, 3.8) is 0 Å². The quantitative estimate of drug-likeness (QED) is 0.814. The number of nitrogen functional groups attached to an aromatic ring is 1. The molecule has 0 aliphatic heterocycles. The van der Waals surface area contributed by atoms with E-state index in [0.29, 0.717) is 18.4 Å². The van der Waals surface area contributed by atoms with Crippen LogP contribution >= 0.6 is 0 Å². The number of rotatable bonds is 3. The first kappa shape index (κ1) is 10.4. The predicted octanol–water partition coefficient (Wildman–Crippen LogP) is 1.09. The molecule has 0 unspecified atom stereocenters. The normalized spacial score (nSPS) is 10.4. The van der Waals surface area contributed by atoms with Crippen molar-refractivity contribution in [2.24, 2.45) is 0 Å². The Morgan fingerprint density at radius 3 is 2.62 bits per heavy atom. The van der Waals surface area contributed by atoms with Crippen LogP contribution in [0.4, 0.5) is 16.3 Å². The first-order valence-corrected chi connectivity index (χ1v) is 4.81. The summed E-state index contributed by atoms with van der Waals surface area (Å²) in [5.74, 6) is 0.541. The number of benzene rings is 1. The molecule has 0 fully saturated rings. The average Bonchev–Trinajstić information content (AvgIpc) is 2.63. The third-order valence-electron chi connectivity index (χ3n) is 2.17. The molecular weight excluding hydrogens is 209 g/mol. The van der Waals surface area contributed by atoms with E-state index in [2.05, 4.69) is 15.4 Å². The number of aromatic nitrogens is 3. The lowest BCUT2D eigenvalue weighted by Gasteiger charge is -2.02. The fraction of sp³-hybridized carbons (Fsp3) is 0.200. The summed E-state index contributed by atoms with van der Waals surface area (Å²) in [6.45, 7) is 0.473. The Hall–Kier alpha value is -2.11. The molecule has 0 bridgehead atoms. The van der Waals surface area contributed by atoms with E-state index in [-0.39, 0.29) is 5.82 Å². The molecule has 0 aliphatic carbocycles. The van der Waals surface area contributed by atoms with Crippen LogP contribution in [0.15, 0.2) is 24.3 Å². The zero-order chi connectivity index (χ0) is 11.5. The Morgan fingerprint density at radius 1 is 1.38 bits per heavy atom. The second-order valence-electron chi connectivity index (χ2n) is 3.33. The number of hydrogen-bond donors (Lipinski definition) is 2. The molecule has 2 aromatic rings. The van der Waals surface area contributed by atoms with Crippen LogP contribution in [0.3, 0.4) is 0 Å². The third kappa shape index (κ3) is 2.10. The molecule has 84 valence electrons. The summed E-state index contributed by atoms with van der Waals surface area (Å²) >= 11 is 0. The fourth-order valence-corrected chi connectivity index (χ4v) is 1.34. The zero-order valence-electron chi connectivity index (χ0n) is 8.81. The SMILES string of the molecule is CNc1nc(N)n(Cc2ccc(F)cc2)n1. The minimum absolute atomic E-state index is 0.258. The molecule has 16 heavy (non-hydrogen) atoms. The van der Waals surface area contributed by atoms with E-state index in [9.17, 15) is 4.39 Å². The molecular formula is C10H12FN5. The summed E-state index contributed by atoms with van der Waals surface area (Å²) in [5.41, 5.74) is 6.59. The van der Waals surface area contributed by atoms with Crippen molar-refractivity contribution in [3.05, 3.63) is 35.6 Å². The first-order valence-electron chi connectivity index (χ1n) is 4.81. The molecule has 5 nitrogen and oxygen atoms in total. The van der Waals surface area contributed by atoms with E-state index in [1.54, 1.807) is 23.9 Å².